The van der Waals surface area contributed by atoms with E-state index in [1.165, 1.54) is 0 Å². The zero-order valence-electron chi connectivity index (χ0n) is 13.8. The number of aromatic nitrogens is 3. The third-order valence-electron chi connectivity index (χ3n) is 3.40. The highest BCUT2D eigenvalue weighted by atomic mass is 16.2. The highest BCUT2D eigenvalue weighted by Gasteiger charge is 2.08. The van der Waals surface area contributed by atoms with Gasteiger partial charge in [0.2, 0.25) is 5.95 Å². The molecule has 0 saturated heterocycles. The number of rotatable bonds is 5. The minimum absolute atomic E-state index is 0.206. The summed E-state index contributed by atoms with van der Waals surface area (Å²) in [5, 5.41) is 10.4. The van der Waals surface area contributed by atoms with E-state index in [4.69, 9.17) is 5.73 Å². The van der Waals surface area contributed by atoms with Gasteiger partial charge in [0.15, 0.2) is 0 Å². The Morgan fingerprint density at radius 2 is 1.88 bits per heavy atom. The molecule has 2 aromatic heterocycles. The summed E-state index contributed by atoms with van der Waals surface area (Å²) in [6.45, 7) is 2.90. The summed E-state index contributed by atoms with van der Waals surface area (Å²) in [6, 6.07) is 10.9. The Labute approximate surface area is 144 Å². The monoisotopic (exact) mass is 337 g/mol. The number of benzene rings is 1. The average Bonchev–Trinajstić information content (AvgIpc) is 2.59. The Balaban J connectivity index is 1.70. The van der Waals surface area contributed by atoms with Gasteiger partial charge in [-0.15, -0.1) is 0 Å². The highest BCUT2D eigenvalue weighted by Crippen LogP contribution is 2.16. The molecule has 25 heavy (non-hydrogen) atoms. The lowest BCUT2D eigenvalue weighted by Crippen LogP contribution is -2.22. The number of nitrogens with zero attached hydrogens (tertiary/aromatic N) is 3. The first-order valence-electron chi connectivity index (χ1n) is 7.86. The number of pyridine rings is 1. The molecule has 0 unspecified atom stereocenters. The van der Waals surface area contributed by atoms with E-state index in [1.54, 1.807) is 18.3 Å². The predicted molar refractivity (Wildman–Crippen MR) is 98.7 cm³/mol. The normalized spacial score (nSPS) is 10.5. The number of anilines is 3. The zero-order valence-corrected chi connectivity index (χ0v) is 13.8. The van der Waals surface area contributed by atoms with Crippen molar-refractivity contribution in [3.63, 3.8) is 0 Å². The highest BCUT2D eigenvalue weighted by molar-refractivity contribution is 5.99. The fraction of sp³-hybridized carbons (Fsp3) is 0.176. The zero-order chi connectivity index (χ0) is 17.6. The van der Waals surface area contributed by atoms with Crippen LogP contribution in [0.25, 0.3) is 10.8 Å². The summed E-state index contributed by atoms with van der Waals surface area (Å²) in [7, 11) is 0. The predicted octanol–water partition coefficient (Wildman–Crippen LogP) is 2.35. The van der Waals surface area contributed by atoms with Crippen LogP contribution in [0, 0.1) is 6.92 Å². The third kappa shape index (κ3) is 4.39. The molecule has 3 aromatic rings. The van der Waals surface area contributed by atoms with Crippen LogP contribution in [0.1, 0.15) is 5.69 Å². The van der Waals surface area contributed by atoms with E-state index in [2.05, 4.69) is 30.9 Å². The summed E-state index contributed by atoms with van der Waals surface area (Å²) >= 11 is 0. The lowest BCUT2D eigenvalue weighted by atomic mass is 10.2. The number of urea groups is 1. The topological polar surface area (TPSA) is 118 Å². The van der Waals surface area contributed by atoms with Crippen molar-refractivity contribution in [2.45, 2.75) is 6.92 Å². The van der Waals surface area contributed by atoms with Gasteiger partial charge in [0, 0.05) is 36.4 Å². The number of nitrogens with one attached hydrogen (secondary N) is 3. The second kappa shape index (κ2) is 7.54. The molecule has 0 aliphatic carbocycles. The van der Waals surface area contributed by atoms with E-state index in [9.17, 15) is 4.79 Å². The van der Waals surface area contributed by atoms with Crippen molar-refractivity contribution < 1.29 is 4.79 Å². The molecule has 2 heterocycles. The van der Waals surface area contributed by atoms with E-state index in [-0.39, 0.29) is 5.95 Å². The van der Waals surface area contributed by atoms with Gasteiger partial charge >= 0.3 is 6.03 Å². The molecule has 3 rings (SSSR count). The fourth-order valence-corrected chi connectivity index (χ4v) is 2.32. The smallest absolute Gasteiger partial charge is 0.327 e. The van der Waals surface area contributed by atoms with Crippen LogP contribution in [0.4, 0.5) is 22.4 Å². The van der Waals surface area contributed by atoms with Crippen LogP contribution in [0.2, 0.25) is 0 Å². The molecule has 8 heteroatoms. The van der Waals surface area contributed by atoms with Gasteiger partial charge in [0.05, 0.1) is 0 Å². The molecule has 0 radical (unpaired) electrons. The standard InChI is InChI=1S/C17H19N7O/c1-11-8-14(19-7-6-18)22-16(21-11)24-17(25)23-15-9-12-4-2-3-5-13(12)10-20-15/h2-5,8-10H,6-7,18H2,1H3,(H3,19,20,21,22,23,24,25). The Morgan fingerprint density at radius 3 is 2.68 bits per heavy atom. The maximum atomic E-state index is 12.2. The maximum absolute atomic E-state index is 12.2. The largest absolute Gasteiger partial charge is 0.369 e. The van der Waals surface area contributed by atoms with Gasteiger partial charge in [-0.25, -0.2) is 14.8 Å². The molecule has 0 fully saturated rings. The van der Waals surface area contributed by atoms with Crippen LogP contribution in [0.5, 0.6) is 0 Å². The van der Waals surface area contributed by atoms with Crippen LogP contribution in [-0.4, -0.2) is 34.1 Å². The molecule has 1 aromatic carbocycles. The van der Waals surface area contributed by atoms with E-state index < -0.39 is 6.03 Å². The van der Waals surface area contributed by atoms with Crippen molar-refractivity contribution in [3.05, 3.63) is 48.3 Å². The molecular formula is C17H19N7O. The lowest BCUT2D eigenvalue weighted by Gasteiger charge is -2.09. The number of hydrogen-bond acceptors (Lipinski definition) is 6. The van der Waals surface area contributed by atoms with Crippen molar-refractivity contribution in [3.8, 4) is 0 Å². The Hall–Kier alpha value is -3.26. The van der Waals surface area contributed by atoms with Crippen LogP contribution < -0.4 is 21.7 Å². The number of nitrogens with two attached hydrogens (primary N) is 1. The van der Waals surface area contributed by atoms with Crippen LogP contribution in [0.3, 0.4) is 0 Å². The fourth-order valence-electron chi connectivity index (χ4n) is 2.32. The molecule has 0 bridgehead atoms. The summed E-state index contributed by atoms with van der Waals surface area (Å²) in [5.74, 6) is 1.26. The third-order valence-corrected chi connectivity index (χ3v) is 3.40. The summed E-state index contributed by atoms with van der Waals surface area (Å²) in [6.07, 6.45) is 1.71. The van der Waals surface area contributed by atoms with Crippen molar-refractivity contribution in [1.82, 2.24) is 15.0 Å². The van der Waals surface area contributed by atoms with Gasteiger partial charge in [-0.2, -0.15) is 4.98 Å². The second-order valence-electron chi connectivity index (χ2n) is 5.43. The van der Waals surface area contributed by atoms with Gasteiger partial charge < -0.3 is 11.1 Å². The molecule has 0 spiro atoms. The van der Waals surface area contributed by atoms with Crippen molar-refractivity contribution in [1.29, 1.82) is 0 Å². The van der Waals surface area contributed by atoms with E-state index >= 15 is 0 Å². The minimum atomic E-state index is -0.460. The number of carbonyl (C=O) groups is 1. The van der Waals surface area contributed by atoms with Gasteiger partial charge in [0.25, 0.3) is 0 Å². The molecule has 0 aliphatic rings. The van der Waals surface area contributed by atoms with Crippen LogP contribution in [-0.2, 0) is 0 Å². The first kappa shape index (κ1) is 16.6. The molecule has 8 nitrogen and oxygen atoms in total. The molecular weight excluding hydrogens is 318 g/mol. The number of fused-ring (bicyclic) bond motifs is 1. The van der Waals surface area contributed by atoms with Gasteiger partial charge in [-0.3, -0.25) is 10.6 Å². The molecule has 0 saturated carbocycles. The second-order valence-corrected chi connectivity index (χ2v) is 5.43. The van der Waals surface area contributed by atoms with E-state index in [0.717, 1.165) is 16.5 Å². The molecule has 0 atom stereocenters. The molecule has 128 valence electrons. The maximum Gasteiger partial charge on any atom is 0.327 e. The number of carbonyl (C=O) groups excluding carboxylic acids is 1. The Morgan fingerprint density at radius 1 is 1.08 bits per heavy atom. The first-order chi connectivity index (χ1) is 12.1. The summed E-state index contributed by atoms with van der Waals surface area (Å²) in [4.78, 5) is 24.8. The van der Waals surface area contributed by atoms with Gasteiger partial charge in [0.1, 0.15) is 11.6 Å². The Kier molecular flexibility index (Phi) is 5.00. The lowest BCUT2D eigenvalue weighted by molar-refractivity contribution is 0.262. The van der Waals surface area contributed by atoms with E-state index in [0.29, 0.717) is 24.7 Å². The van der Waals surface area contributed by atoms with Crippen molar-refractivity contribution in [2.75, 3.05) is 29.0 Å². The minimum Gasteiger partial charge on any atom is -0.369 e. The molecule has 5 N–H and O–H groups in total. The summed E-state index contributed by atoms with van der Waals surface area (Å²) < 4.78 is 0. The number of amides is 2. The first-order valence-corrected chi connectivity index (χ1v) is 7.86. The van der Waals surface area contributed by atoms with Crippen LogP contribution >= 0.6 is 0 Å². The van der Waals surface area contributed by atoms with Crippen molar-refractivity contribution >= 4 is 34.4 Å². The number of aryl methyl sites for hydroxylation is 1. The molecule has 0 aliphatic heterocycles. The SMILES string of the molecule is Cc1cc(NCCN)nc(NC(=O)Nc2cc3ccccc3cn2)n1. The average molecular weight is 337 g/mol. The number of hydrogen-bond donors (Lipinski definition) is 4. The molecule has 2 amide bonds. The quantitative estimate of drug-likeness (QED) is 0.567. The van der Waals surface area contributed by atoms with E-state index in [1.807, 2.05) is 31.2 Å². The Bertz CT molecular complexity index is 897. The van der Waals surface area contributed by atoms with Crippen molar-refractivity contribution in [2.24, 2.45) is 5.73 Å². The van der Waals surface area contributed by atoms with Gasteiger partial charge in [-0.1, -0.05) is 24.3 Å². The van der Waals surface area contributed by atoms with Gasteiger partial charge in [-0.05, 0) is 18.4 Å². The van der Waals surface area contributed by atoms with Crippen LogP contribution in [0.15, 0.2) is 42.6 Å². The summed E-state index contributed by atoms with van der Waals surface area (Å²) in [5.41, 5.74) is 6.20.